The predicted molar refractivity (Wildman–Crippen MR) is 101 cm³/mol. The highest BCUT2D eigenvalue weighted by molar-refractivity contribution is 5.94. The van der Waals surface area contributed by atoms with Gasteiger partial charge in [0.2, 0.25) is 5.91 Å². The molecule has 6 nitrogen and oxygen atoms in total. The van der Waals surface area contributed by atoms with Crippen LogP contribution in [-0.2, 0) is 4.79 Å². The third-order valence-electron chi connectivity index (χ3n) is 3.24. The molecule has 0 saturated carbocycles. The molecule has 0 radical (unpaired) electrons. The lowest BCUT2D eigenvalue weighted by molar-refractivity contribution is -0.114. The molecule has 1 amide bonds. The summed E-state index contributed by atoms with van der Waals surface area (Å²) in [6.07, 6.45) is 0. The number of nitrogens with one attached hydrogen (secondary N) is 3. The Hall–Kier alpha value is -3.09. The second-order valence-electron chi connectivity index (χ2n) is 5.34. The molecule has 0 aliphatic rings. The zero-order valence-corrected chi connectivity index (χ0v) is 14.7. The average molecular weight is 358 g/mol. The Balaban J connectivity index is 1.77. The monoisotopic (exact) mass is 358 g/mol. The molecule has 0 aliphatic carbocycles. The summed E-state index contributed by atoms with van der Waals surface area (Å²) in [6, 6.07) is 15.2. The minimum atomic E-state index is -0.403. The number of anilines is 1. The fraction of sp³-hybridized carbons (Fsp3) is 0.263. The van der Waals surface area contributed by atoms with Gasteiger partial charge in [0.15, 0.2) is 5.96 Å². The van der Waals surface area contributed by atoms with E-state index >= 15 is 0 Å². The number of benzene rings is 2. The zero-order chi connectivity index (χ0) is 18.6. The molecule has 0 saturated heterocycles. The molecule has 0 spiro atoms. The van der Waals surface area contributed by atoms with E-state index in [2.05, 4.69) is 20.9 Å². The first-order valence-electron chi connectivity index (χ1n) is 8.43. The van der Waals surface area contributed by atoms with Crippen LogP contribution >= 0.6 is 0 Å². The molecule has 0 bridgehead atoms. The summed E-state index contributed by atoms with van der Waals surface area (Å²) in [6.45, 7) is 3.52. The normalized spacial score (nSPS) is 10.9. The van der Waals surface area contributed by atoms with Crippen molar-refractivity contribution in [3.63, 3.8) is 0 Å². The topological polar surface area (TPSA) is 74.8 Å². The van der Waals surface area contributed by atoms with Gasteiger partial charge in [-0.15, -0.1) is 0 Å². The smallest absolute Gasteiger partial charge is 0.246 e. The Labute approximate surface area is 152 Å². The first-order chi connectivity index (χ1) is 12.7. The molecule has 3 N–H and O–H groups in total. The van der Waals surface area contributed by atoms with Crippen molar-refractivity contribution in [2.45, 2.75) is 6.92 Å². The van der Waals surface area contributed by atoms with E-state index in [-0.39, 0.29) is 12.5 Å². The summed E-state index contributed by atoms with van der Waals surface area (Å²) in [7, 11) is 0. The van der Waals surface area contributed by atoms with E-state index in [0.29, 0.717) is 31.3 Å². The summed E-state index contributed by atoms with van der Waals surface area (Å²) >= 11 is 0. The lowest BCUT2D eigenvalue weighted by Gasteiger charge is -2.12. The number of guanidine groups is 1. The maximum absolute atomic E-state index is 13.1. The minimum Gasteiger partial charge on any atom is -0.492 e. The maximum atomic E-state index is 13.1. The van der Waals surface area contributed by atoms with Crippen molar-refractivity contribution in [1.82, 2.24) is 10.6 Å². The molecule has 0 aliphatic heterocycles. The van der Waals surface area contributed by atoms with Gasteiger partial charge in [0, 0.05) is 12.2 Å². The van der Waals surface area contributed by atoms with E-state index in [4.69, 9.17) is 4.74 Å². The van der Waals surface area contributed by atoms with Crippen molar-refractivity contribution in [2.75, 3.05) is 31.6 Å². The summed E-state index contributed by atoms with van der Waals surface area (Å²) in [5.74, 6) is 0.581. The van der Waals surface area contributed by atoms with Crippen molar-refractivity contribution >= 4 is 17.6 Å². The molecule has 0 aromatic heterocycles. The van der Waals surface area contributed by atoms with Gasteiger partial charge in [-0.1, -0.05) is 24.3 Å². The van der Waals surface area contributed by atoms with Crippen molar-refractivity contribution in [3.05, 3.63) is 60.4 Å². The van der Waals surface area contributed by atoms with Gasteiger partial charge in [-0.05, 0) is 37.3 Å². The highest BCUT2D eigenvalue weighted by Crippen LogP contribution is 2.09. The van der Waals surface area contributed by atoms with Crippen LogP contribution in [0, 0.1) is 5.82 Å². The third-order valence-corrected chi connectivity index (χ3v) is 3.24. The number of hydrogen-bond acceptors (Lipinski definition) is 3. The number of amides is 1. The van der Waals surface area contributed by atoms with Gasteiger partial charge in [0.1, 0.15) is 24.7 Å². The molecule has 0 unspecified atom stereocenters. The Bertz CT molecular complexity index is 722. The fourth-order valence-corrected chi connectivity index (χ4v) is 2.11. The Kier molecular flexibility index (Phi) is 7.92. The highest BCUT2D eigenvalue weighted by Gasteiger charge is 2.04. The largest absolute Gasteiger partial charge is 0.492 e. The van der Waals surface area contributed by atoms with Crippen LogP contribution in [0.3, 0.4) is 0 Å². The molecular formula is C19H23FN4O2. The molecule has 0 fully saturated rings. The van der Waals surface area contributed by atoms with Crippen molar-refractivity contribution in [1.29, 1.82) is 0 Å². The van der Waals surface area contributed by atoms with Gasteiger partial charge in [0.25, 0.3) is 0 Å². The van der Waals surface area contributed by atoms with Crippen LogP contribution in [0.2, 0.25) is 0 Å². The molecule has 2 aromatic carbocycles. The first-order valence-corrected chi connectivity index (χ1v) is 8.43. The first kappa shape index (κ1) is 19.2. The van der Waals surface area contributed by atoms with Crippen LogP contribution in [0.25, 0.3) is 0 Å². The molecule has 2 aromatic rings. The molecule has 7 heteroatoms. The summed E-state index contributed by atoms with van der Waals surface area (Å²) in [5.41, 5.74) is 0.402. The molecule has 0 heterocycles. The average Bonchev–Trinajstić information content (AvgIpc) is 2.64. The van der Waals surface area contributed by atoms with Crippen LogP contribution in [0.1, 0.15) is 6.92 Å². The van der Waals surface area contributed by atoms with Crippen molar-refractivity contribution in [3.8, 4) is 5.75 Å². The Morgan fingerprint density at radius 1 is 1.12 bits per heavy atom. The van der Waals surface area contributed by atoms with E-state index in [9.17, 15) is 9.18 Å². The van der Waals surface area contributed by atoms with E-state index in [1.54, 1.807) is 6.07 Å². The van der Waals surface area contributed by atoms with E-state index < -0.39 is 5.82 Å². The predicted octanol–water partition coefficient (Wildman–Crippen LogP) is 2.40. The molecule has 26 heavy (non-hydrogen) atoms. The quantitative estimate of drug-likeness (QED) is 0.385. The standard InChI is InChI=1S/C19H23FN4O2/c1-2-21-19(22-11-12-26-17-9-4-3-5-10-17)23-14-18(25)24-16-8-6-7-15(20)13-16/h3-10,13H,2,11-12,14H2,1H3,(H,24,25)(H2,21,22,23). The number of nitrogens with zero attached hydrogens (tertiary/aromatic N) is 1. The van der Waals surface area contributed by atoms with Crippen LogP contribution in [0.5, 0.6) is 5.75 Å². The second-order valence-corrected chi connectivity index (χ2v) is 5.34. The van der Waals surface area contributed by atoms with E-state index in [0.717, 1.165) is 5.75 Å². The van der Waals surface area contributed by atoms with Crippen LogP contribution in [0.4, 0.5) is 10.1 Å². The van der Waals surface area contributed by atoms with Gasteiger partial charge in [0.05, 0.1) is 6.54 Å². The third kappa shape index (κ3) is 7.21. The second kappa shape index (κ2) is 10.7. The zero-order valence-electron chi connectivity index (χ0n) is 14.7. The van der Waals surface area contributed by atoms with Crippen LogP contribution in [0.15, 0.2) is 59.6 Å². The van der Waals surface area contributed by atoms with Gasteiger partial charge in [-0.2, -0.15) is 0 Å². The summed E-state index contributed by atoms with van der Waals surface area (Å²) < 4.78 is 18.7. The van der Waals surface area contributed by atoms with E-state index in [1.165, 1.54) is 18.2 Å². The molecule has 138 valence electrons. The highest BCUT2D eigenvalue weighted by atomic mass is 19.1. The molecular weight excluding hydrogens is 335 g/mol. The number of para-hydroxylation sites is 1. The Morgan fingerprint density at radius 3 is 2.65 bits per heavy atom. The molecule has 2 rings (SSSR count). The van der Waals surface area contributed by atoms with Crippen molar-refractivity contribution in [2.24, 2.45) is 4.99 Å². The number of halogens is 1. The number of carbonyl (C=O) groups excluding carboxylic acids is 1. The summed E-state index contributed by atoms with van der Waals surface area (Å²) in [5, 5.41) is 8.75. The summed E-state index contributed by atoms with van der Waals surface area (Å²) in [4.78, 5) is 16.1. The van der Waals surface area contributed by atoms with Crippen LogP contribution < -0.4 is 20.7 Å². The number of carbonyl (C=O) groups is 1. The van der Waals surface area contributed by atoms with Gasteiger partial charge < -0.3 is 20.7 Å². The van der Waals surface area contributed by atoms with E-state index in [1.807, 2.05) is 37.3 Å². The maximum Gasteiger partial charge on any atom is 0.246 e. The fourth-order valence-electron chi connectivity index (χ4n) is 2.11. The van der Waals surface area contributed by atoms with Gasteiger partial charge in [-0.25, -0.2) is 9.38 Å². The number of aliphatic imine (C=N–C) groups is 1. The Morgan fingerprint density at radius 2 is 1.92 bits per heavy atom. The number of ether oxygens (including phenoxy) is 1. The SMILES string of the molecule is CCNC(=NCC(=O)Nc1cccc(F)c1)NCCOc1ccccc1. The lowest BCUT2D eigenvalue weighted by atomic mass is 10.3. The lowest BCUT2D eigenvalue weighted by Crippen LogP contribution is -2.39. The number of rotatable bonds is 8. The van der Waals surface area contributed by atoms with Gasteiger partial charge >= 0.3 is 0 Å². The number of hydrogen-bond donors (Lipinski definition) is 3. The van der Waals surface area contributed by atoms with Crippen molar-refractivity contribution < 1.29 is 13.9 Å². The van der Waals surface area contributed by atoms with Gasteiger partial charge in [-0.3, -0.25) is 4.79 Å². The minimum absolute atomic E-state index is 0.0780. The molecule has 0 atom stereocenters. The van der Waals surface area contributed by atoms with Crippen LogP contribution in [-0.4, -0.2) is 38.1 Å².